The quantitative estimate of drug-likeness (QED) is 0.600. The minimum Gasteiger partial charge on any atom is -0.447 e. The number of aliphatic hydroxyl groups excluding tert-OH is 1. The summed E-state index contributed by atoms with van der Waals surface area (Å²) in [6, 6.07) is 10.3. The average Bonchev–Trinajstić information content (AvgIpc) is 3.32. The number of rotatable bonds is 9. The number of oxazole rings is 1. The van der Waals surface area contributed by atoms with E-state index in [2.05, 4.69) is 31.8 Å². The zero-order valence-electron chi connectivity index (χ0n) is 19.4. The number of benzene rings is 1. The molecule has 1 N–H and O–H groups in total. The molecule has 2 aromatic rings. The zero-order chi connectivity index (χ0) is 23.0. The predicted octanol–water partition coefficient (Wildman–Crippen LogP) is 1.15. The summed E-state index contributed by atoms with van der Waals surface area (Å²) in [5, 5.41) is 10.0. The second kappa shape index (κ2) is 11.6. The first-order chi connectivity index (χ1) is 16.1. The number of β-amino-alcohol motifs (C(OH)–C–C–N with tert-alkyl or cyclic N) is 1. The standard InChI is InChI=1S/C24H35N5O4/c1-2-32-18-21(30)16-26-8-10-27(11-9-26)17-23-25-22(19-33-23)24(31)29-14-12-28(13-15-29)20-6-4-3-5-7-20/h3-7,19,21,30H,2,8-18H2,1H3. The Labute approximate surface area is 195 Å². The van der Waals surface area contributed by atoms with E-state index in [0.29, 0.717) is 51.0 Å². The summed E-state index contributed by atoms with van der Waals surface area (Å²) < 4.78 is 10.9. The first-order valence-corrected chi connectivity index (χ1v) is 11.9. The molecule has 0 aliphatic carbocycles. The van der Waals surface area contributed by atoms with Crippen molar-refractivity contribution < 1.29 is 19.1 Å². The van der Waals surface area contributed by atoms with Crippen molar-refractivity contribution in [1.29, 1.82) is 0 Å². The van der Waals surface area contributed by atoms with Crippen LogP contribution in [0.1, 0.15) is 23.3 Å². The van der Waals surface area contributed by atoms with E-state index in [1.165, 1.54) is 12.0 Å². The Bertz CT molecular complexity index is 861. The highest BCUT2D eigenvalue weighted by molar-refractivity contribution is 5.92. The molecule has 1 atom stereocenters. The normalized spacial score (nSPS) is 19.1. The average molecular weight is 458 g/mol. The summed E-state index contributed by atoms with van der Waals surface area (Å²) in [6.07, 6.45) is 1.04. The highest BCUT2D eigenvalue weighted by Crippen LogP contribution is 2.17. The predicted molar refractivity (Wildman–Crippen MR) is 125 cm³/mol. The second-order valence-corrected chi connectivity index (χ2v) is 8.63. The van der Waals surface area contributed by atoms with E-state index < -0.39 is 6.10 Å². The van der Waals surface area contributed by atoms with E-state index in [-0.39, 0.29) is 5.91 Å². The summed E-state index contributed by atoms with van der Waals surface area (Å²) in [5.41, 5.74) is 1.58. The van der Waals surface area contributed by atoms with Crippen molar-refractivity contribution in [2.75, 3.05) is 77.0 Å². The van der Waals surface area contributed by atoms with E-state index >= 15 is 0 Å². The van der Waals surface area contributed by atoms with Crippen LogP contribution >= 0.6 is 0 Å². The molecule has 33 heavy (non-hydrogen) atoms. The van der Waals surface area contributed by atoms with Gasteiger partial charge in [-0.1, -0.05) is 18.2 Å². The van der Waals surface area contributed by atoms with E-state index in [9.17, 15) is 9.90 Å². The molecule has 9 nitrogen and oxygen atoms in total. The second-order valence-electron chi connectivity index (χ2n) is 8.63. The fourth-order valence-corrected chi connectivity index (χ4v) is 4.38. The monoisotopic (exact) mass is 457 g/mol. The highest BCUT2D eigenvalue weighted by atomic mass is 16.5. The molecule has 2 fully saturated rings. The zero-order valence-corrected chi connectivity index (χ0v) is 19.4. The van der Waals surface area contributed by atoms with Crippen LogP contribution in [-0.4, -0.2) is 109 Å². The third-order valence-corrected chi connectivity index (χ3v) is 6.27. The fourth-order valence-electron chi connectivity index (χ4n) is 4.38. The molecule has 180 valence electrons. The number of anilines is 1. The minimum absolute atomic E-state index is 0.0641. The molecular weight excluding hydrogens is 422 g/mol. The Balaban J connectivity index is 1.21. The number of amides is 1. The Morgan fingerprint density at radius 1 is 1.06 bits per heavy atom. The largest absolute Gasteiger partial charge is 0.447 e. The van der Waals surface area contributed by atoms with Crippen LogP contribution in [0.25, 0.3) is 0 Å². The molecule has 1 unspecified atom stereocenters. The lowest BCUT2D eigenvalue weighted by Crippen LogP contribution is -2.49. The van der Waals surface area contributed by atoms with Gasteiger partial charge in [0.2, 0.25) is 5.89 Å². The number of piperazine rings is 2. The maximum atomic E-state index is 12.9. The van der Waals surface area contributed by atoms with E-state index in [1.54, 1.807) is 0 Å². The molecule has 3 heterocycles. The lowest BCUT2D eigenvalue weighted by Gasteiger charge is -2.35. The summed E-state index contributed by atoms with van der Waals surface area (Å²) in [5.74, 6) is 0.511. The molecule has 0 bridgehead atoms. The van der Waals surface area contributed by atoms with Crippen LogP contribution in [0.4, 0.5) is 5.69 Å². The number of aromatic nitrogens is 1. The van der Waals surface area contributed by atoms with E-state index in [0.717, 1.165) is 39.3 Å². The van der Waals surface area contributed by atoms with Gasteiger partial charge in [-0.05, 0) is 19.1 Å². The summed E-state index contributed by atoms with van der Waals surface area (Å²) in [7, 11) is 0. The van der Waals surface area contributed by atoms with Crippen molar-refractivity contribution in [3.05, 3.63) is 48.2 Å². The number of carbonyl (C=O) groups is 1. The van der Waals surface area contributed by atoms with Gasteiger partial charge < -0.3 is 24.1 Å². The van der Waals surface area contributed by atoms with Gasteiger partial charge in [-0.2, -0.15) is 0 Å². The molecule has 0 radical (unpaired) electrons. The SMILES string of the molecule is CCOCC(O)CN1CCN(Cc2nc(C(=O)N3CCN(c4ccccc4)CC3)co2)CC1. The van der Waals surface area contributed by atoms with Gasteiger partial charge in [0, 0.05) is 71.2 Å². The molecule has 0 spiro atoms. The summed E-state index contributed by atoms with van der Waals surface area (Å²) >= 11 is 0. The van der Waals surface area contributed by atoms with Crippen LogP contribution in [0.15, 0.2) is 41.0 Å². The van der Waals surface area contributed by atoms with Crippen LogP contribution in [0, 0.1) is 0 Å². The molecule has 1 aromatic carbocycles. The van der Waals surface area contributed by atoms with Gasteiger partial charge >= 0.3 is 0 Å². The number of hydrogen-bond donors (Lipinski definition) is 1. The van der Waals surface area contributed by atoms with Crippen molar-refractivity contribution >= 4 is 11.6 Å². The smallest absolute Gasteiger partial charge is 0.275 e. The van der Waals surface area contributed by atoms with Crippen molar-refractivity contribution in [3.8, 4) is 0 Å². The van der Waals surface area contributed by atoms with E-state index in [1.807, 2.05) is 30.0 Å². The Kier molecular flexibility index (Phi) is 8.33. The van der Waals surface area contributed by atoms with Gasteiger partial charge in [-0.3, -0.25) is 14.6 Å². The van der Waals surface area contributed by atoms with Crippen LogP contribution < -0.4 is 4.90 Å². The Hall–Kier alpha value is -2.46. The highest BCUT2D eigenvalue weighted by Gasteiger charge is 2.26. The van der Waals surface area contributed by atoms with Gasteiger partial charge in [0.25, 0.3) is 5.91 Å². The number of para-hydroxylation sites is 1. The number of aliphatic hydroxyl groups is 1. The van der Waals surface area contributed by atoms with Gasteiger partial charge in [0.05, 0.1) is 19.3 Å². The number of hydrogen-bond acceptors (Lipinski definition) is 8. The maximum Gasteiger partial charge on any atom is 0.275 e. The van der Waals surface area contributed by atoms with Crippen LogP contribution in [0.2, 0.25) is 0 Å². The van der Waals surface area contributed by atoms with Gasteiger partial charge in [0.1, 0.15) is 6.26 Å². The molecule has 1 amide bonds. The van der Waals surface area contributed by atoms with Crippen molar-refractivity contribution in [2.24, 2.45) is 0 Å². The first-order valence-electron chi connectivity index (χ1n) is 11.9. The molecule has 2 aliphatic rings. The summed E-state index contributed by atoms with van der Waals surface area (Å²) in [6.45, 7) is 10.6. The van der Waals surface area contributed by atoms with E-state index in [4.69, 9.17) is 9.15 Å². The Morgan fingerprint density at radius 2 is 1.76 bits per heavy atom. The van der Waals surface area contributed by atoms with Crippen molar-refractivity contribution in [3.63, 3.8) is 0 Å². The number of carbonyl (C=O) groups excluding carboxylic acids is 1. The van der Waals surface area contributed by atoms with Crippen molar-refractivity contribution in [2.45, 2.75) is 19.6 Å². The number of nitrogens with zero attached hydrogens (tertiary/aromatic N) is 5. The third-order valence-electron chi connectivity index (χ3n) is 6.27. The lowest BCUT2D eigenvalue weighted by atomic mass is 10.2. The topological polar surface area (TPSA) is 85.5 Å². The molecule has 1 aromatic heterocycles. The van der Waals surface area contributed by atoms with Crippen LogP contribution in [0.3, 0.4) is 0 Å². The first kappa shape index (κ1) is 23.7. The molecule has 2 aliphatic heterocycles. The maximum absolute atomic E-state index is 12.9. The van der Waals surface area contributed by atoms with Crippen LogP contribution in [0.5, 0.6) is 0 Å². The minimum atomic E-state index is -0.452. The Morgan fingerprint density at radius 3 is 2.45 bits per heavy atom. The molecule has 9 heteroatoms. The van der Waals surface area contributed by atoms with Gasteiger partial charge in [0.15, 0.2) is 5.69 Å². The summed E-state index contributed by atoms with van der Waals surface area (Å²) in [4.78, 5) is 26.0. The molecular formula is C24H35N5O4. The van der Waals surface area contributed by atoms with Crippen molar-refractivity contribution in [1.82, 2.24) is 19.7 Å². The fraction of sp³-hybridized carbons (Fsp3) is 0.583. The molecule has 4 rings (SSSR count). The van der Waals surface area contributed by atoms with Crippen LogP contribution in [-0.2, 0) is 11.3 Å². The van der Waals surface area contributed by atoms with Gasteiger partial charge in [-0.15, -0.1) is 0 Å². The lowest BCUT2D eigenvalue weighted by molar-refractivity contribution is 0.00949. The number of ether oxygens (including phenoxy) is 1. The third kappa shape index (κ3) is 6.54. The molecule has 2 saturated heterocycles. The molecule has 0 saturated carbocycles. The van der Waals surface area contributed by atoms with Gasteiger partial charge in [-0.25, -0.2) is 4.98 Å².